The van der Waals surface area contributed by atoms with Crippen LogP contribution in [0.5, 0.6) is 11.6 Å². The summed E-state index contributed by atoms with van der Waals surface area (Å²) in [5.41, 5.74) is 2.05. The standard InChI is InChI=1S/C16H21N3O2/c1-4-17-13(14-10-16(21-3)19-11-18-14)9-12-7-5-6-8-15(12)20-2/h5-8,10-11,13,17H,4,9H2,1-3H3. The van der Waals surface area contributed by atoms with Gasteiger partial charge in [-0.25, -0.2) is 9.97 Å². The van der Waals surface area contributed by atoms with Crippen LogP contribution in [0.4, 0.5) is 0 Å². The molecular weight excluding hydrogens is 266 g/mol. The Labute approximate surface area is 125 Å². The quantitative estimate of drug-likeness (QED) is 0.847. The molecule has 0 aliphatic carbocycles. The van der Waals surface area contributed by atoms with Crippen molar-refractivity contribution in [3.8, 4) is 11.6 Å². The maximum absolute atomic E-state index is 5.42. The average molecular weight is 287 g/mol. The zero-order valence-corrected chi connectivity index (χ0v) is 12.7. The molecule has 5 nitrogen and oxygen atoms in total. The molecule has 0 radical (unpaired) electrons. The highest BCUT2D eigenvalue weighted by atomic mass is 16.5. The summed E-state index contributed by atoms with van der Waals surface area (Å²) in [4.78, 5) is 8.42. The Morgan fingerprint density at radius 2 is 1.95 bits per heavy atom. The molecule has 0 aliphatic rings. The van der Waals surface area contributed by atoms with Crippen LogP contribution in [-0.4, -0.2) is 30.7 Å². The highest BCUT2D eigenvalue weighted by molar-refractivity contribution is 5.34. The molecule has 21 heavy (non-hydrogen) atoms. The van der Waals surface area contributed by atoms with Gasteiger partial charge in [-0.1, -0.05) is 25.1 Å². The van der Waals surface area contributed by atoms with Crippen LogP contribution in [0.1, 0.15) is 24.2 Å². The molecule has 0 spiro atoms. The topological polar surface area (TPSA) is 56.3 Å². The minimum absolute atomic E-state index is 0.0863. The first-order valence-corrected chi connectivity index (χ1v) is 6.99. The van der Waals surface area contributed by atoms with Crippen molar-refractivity contribution in [1.29, 1.82) is 0 Å². The molecule has 1 N–H and O–H groups in total. The first-order valence-electron chi connectivity index (χ1n) is 6.99. The first-order chi connectivity index (χ1) is 10.3. The largest absolute Gasteiger partial charge is 0.496 e. The molecule has 2 rings (SSSR count). The summed E-state index contributed by atoms with van der Waals surface area (Å²) >= 11 is 0. The van der Waals surface area contributed by atoms with Crippen LogP contribution in [0, 0.1) is 0 Å². The first kappa shape index (κ1) is 15.3. The molecule has 1 aromatic carbocycles. The number of nitrogens with zero attached hydrogens (tertiary/aromatic N) is 2. The number of benzene rings is 1. The van der Waals surface area contributed by atoms with E-state index in [4.69, 9.17) is 9.47 Å². The van der Waals surface area contributed by atoms with E-state index < -0.39 is 0 Å². The van der Waals surface area contributed by atoms with Crippen molar-refractivity contribution >= 4 is 0 Å². The summed E-state index contributed by atoms with van der Waals surface area (Å²) in [6.45, 7) is 2.93. The molecule has 1 aromatic heterocycles. The minimum Gasteiger partial charge on any atom is -0.496 e. The van der Waals surface area contributed by atoms with E-state index in [9.17, 15) is 0 Å². The van der Waals surface area contributed by atoms with E-state index in [-0.39, 0.29) is 6.04 Å². The predicted molar refractivity (Wildman–Crippen MR) is 81.7 cm³/mol. The third kappa shape index (κ3) is 3.92. The molecule has 0 fully saturated rings. The number of nitrogens with one attached hydrogen (secondary N) is 1. The Kier molecular flexibility index (Phi) is 5.51. The lowest BCUT2D eigenvalue weighted by molar-refractivity contribution is 0.392. The van der Waals surface area contributed by atoms with Crippen molar-refractivity contribution in [1.82, 2.24) is 15.3 Å². The number of methoxy groups -OCH3 is 2. The lowest BCUT2D eigenvalue weighted by Crippen LogP contribution is -2.24. The zero-order valence-electron chi connectivity index (χ0n) is 12.7. The fourth-order valence-corrected chi connectivity index (χ4v) is 2.27. The van der Waals surface area contributed by atoms with Crippen molar-refractivity contribution in [2.24, 2.45) is 0 Å². The monoisotopic (exact) mass is 287 g/mol. The second kappa shape index (κ2) is 7.59. The molecule has 0 aliphatic heterocycles. The van der Waals surface area contributed by atoms with Gasteiger partial charge in [-0.2, -0.15) is 0 Å². The lowest BCUT2D eigenvalue weighted by atomic mass is 10.0. The molecule has 1 atom stereocenters. The van der Waals surface area contributed by atoms with E-state index in [0.717, 1.165) is 30.0 Å². The van der Waals surface area contributed by atoms with Crippen LogP contribution in [0.2, 0.25) is 0 Å². The Hall–Kier alpha value is -2.14. The van der Waals surface area contributed by atoms with E-state index in [1.165, 1.54) is 6.33 Å². The van der Waals surface area contributed by atoms with E-state index in [1.807, 2.05) is 24.3 Å². The fourth-order valence-electron chi connectivity index (χ4n) is 2.27. The highest BCUT2D eigenvalue weighted by Crippen LogP contribution is 2.25. The average Bonchev–Trinajstić information content (AvgIpc) is 2.55. The molecule has 112 valence electrons. The zero-order chi connectivity index (χ0) is 15.1. The van der Waals surface area contributed by atoms with Crippen LogP contribution >= 0.6 is 0 Å². The second-order valence-corrected chi connectivity index (χ2v) is 4.61. The van der Waals surface area contributed by atoms with Gasteiger partial charge in [0.2, 0.25) is 5.88 Å². The van der Waals surface area contributed by atoms with Crippen LogP contribution in [-0.2, 0) is 6.42 Å². The second-order valence-electron chi connectivity index (χ2n) is 4.61. The van der Waals surface area contributed by atoms with Gasteiger partial charge in [0.1, 0.15) is 12.1 Å². The molecule has 1 heterocycles. The van der Waals surface area contributed by atoms with Crippen molar-refractivity contribution in [2.75, 3.05) is 20.8 Å². The van der Waals surface area contributed by atoms with E-state index in [2.05, 4.69) is 28.3 Å². The van der Waals surface area contributed by atoms with E-state index >= 15 is 0 Å². The summed E-state index contributed by atoms with van der Waals surface area (Å²) in [6, 6.07) is 9.98. The lowest BCUT2D eigenvalue weighted by Gasteiger charge is -2.19. The molecule has 0 amide bonds. The summed E-state index contributed by atoms with van der Waals surface area (Å²) in [7, 11) is 3.30. The molecule has 1 unspecified atom stereocenters. The van der Waals surface area contributed by atoms with Crippen molar-refractivity contribution in [3.05, 3.63) is 47.9 Å². The number of hydrogen-bond acceptors (Lipinski definition) is 5. The Morgan fingerprint density at radius 3 is 2.67 bits per heavy atom. The molecule has 0 bridgehead atoms. The molecular formula is C16H21N3O2. The number of aromatic nitrogens is 2. The Bertz CT molecular complexity index is 575. The number of likely N-dealkylation sites (N-methyl/N-ethyl adjacent to an activating group) is 1. The van der Waals surface area contributed by atoms with Crippen LogP contribution in [0.25, 0.3) is 0 Å². The number of hydrogen-bond donors (Lipinski definition) is 1. The molecule has 5 heteroatoms. The van der Waals surface area contributed by atoms with Gasteiger partial charge < -0.3 is 14.8 Å². The number of para-hydroxylation sites is 1. The summed E-state index contributed by atoms with van der Waals surface area (Å²) in [6.07, 6.45) is 2.32. The van der Waals surface area contributed by atoms with Crippen molar-refractivity contribution in [2.45, 2.75) is 19.4 Å². The third-order valence-electron chi connectivity index (χ3n) is 3.30. The van der Waals surface area contributed by atoms with Gasteiger partial charge in [0.15, 0.2) is 0 Å². The van der Waals surface area contributed by atoms with Crippen molar-refractivity contribution < 1.29 is 9.47 Å². The van der Waals surface area contributed by atoms with Crippen LogP contribution in [0.3, 0.4) is 0 Å². The minimum atomic E-state index is 0.0863. The van der Waals surface area contributed by atoms with Crippen molar-refractivity contribution in [3.63, 3.8) is 0 Å². The van der Waals surface area contributed by atoms with Gasteiger partial charge in [-0.3, -0.25) is 0 Å². The highest BCUT2D eigenvalue weighted by Gasteiger charge is 2.16. The Balaban J connectivity index is 2.26. The normalized spacial score (nSPS) is 12.0. The molecule has 0 saturated heterocycles. The predicted octanol–water partition coefficient (Wildman–Crippen LogP) is 2.39. The number of rotatable bonds is 7. The molecule has 0 saturated carbocycles. The van der Waals surface area contributed by atoms with Gasteiger partial charge in [0, 0.05) is 6.07 Å². The fraction of sp³-hybridized carbons (Fsp3) is 0.375. The number of ether oxygens (including phenoxy) is 2. The smallest absolute Gasteiger partial charge is 0.216 e. The SMILES string of the molecule is CCNC(Cc1ccccc1OC)c1cc(OC)ncn1. The van der Waals surface area contributed by atoms with Crippen LogP contribution < -0.4 is 14.8 Å². The van der Waals surface area contributed by atoms with E-state index in [1.54, 1.807) is 14.2 Å². The summed E-state index contributed by atoms with van der Waals surface area (Å²) in [5.74, 6) is 1.46. The van der Waals surface area contributed by atoms with Gasteiger partial charge >= 0.3 is 0 Å². The van der Waals surface area contributed by atoms with Gasteiger partial charge in [-0.05, 0) is 24.6 Å². The van der Waals surface area contributed by atoms with Gasteiger partial charge in [0.05, 0.1) is 26.0 Å². The summed E-state index contributed by atoms with van der Waals surface area (Å²) < 4.78 is 10.6. The summed E-state index contributed by atoms with van der Waals surface area (Å²) in [5, 5.41) is 3.45. The van der Waals surface area contributed by atoms with Gasteiger partial charge in [0.25, 0.3) is 0 Å². The third-order valence-corrected chi connectivity index (χ3v) is 3.30. The van der Waals surface area contributed by atoms with Gasteiger partial charge in [-0.15, -0.1) is 0 Å². The molecule has 2 aromatic rings. The maximum Gasteiger partial charge on any atom is 0.216 e. The maximum atomic E-state index is 5.42. The Morgan fingerprint density at radius 1 is 1.14 bits per heavy atom. The van der Waals surface area contributed by atoms with Crippen LogP contribution in [0.15, 0.2) is 36.7 Å². The van der Waals surface area contributed by atoms with E-state index in [0.29, 0.717) is 5.88 Å².